The molecule has 7 nitrogen and oxygen atoms in total. The van der Waals surface area contributed by atoms with E-state index in [-0.39, 0.29) is 23.4 Å². The van der Waals surface area contributed by atoms with Crippen molar-refractivity contribution in [1.29, 1.82) is 0 Å². The van der Waals surface area contributed by atoms with Crippen molar-refractivity contribution in [3.05, 3.63) is 30.1 Å². The Morgan fingerprint density at radius 3 is 2.54 bits per heavy atom. The normalized spacial score (nSPS) is 24.7. The molecule has 3 fully saturated rings. The van der Waals surface area contributed by atoms with Gasteiger partial charge in [-0.05, 0) is 56.7 Å². The summed E-state index contributed by atoms with van der Waals surface area (Å²) in [6.45, 7) is 4.83. The fourth-order valence-electron chi connectivity index (χ4n) is 5.00. The molecule has 3 saturated heterocycles. The van der Waals surface area contributed by atoms with E-state index in [0.29, 0.717) is 6.54 Å². The number of hydrogen-bond donors (Lipinski definition) is 1. The van der Waals surface area contributed by atoms with E-state index in [9.17, 15) is 9.59 Å². The fraction of sp³-hybridized carbons (Fsp3) is 0.667. The van der Waals surface area contributed by atoms with Crippen LogP contribution in [0.1, 0.15) is 37.8 Å². The van der Waals surface area contributed by atoms with Gasteiger partial charge in [-0.2, -0.15) is 0 Å². The molecule has 1 aromatic rings. The van der Waals surface area contributed by atoms with Crippen molar-refractivity contribution >= 4 is 11.9 Å². The Labute approximate surface area is 167 Å². The lowest BCUT2D eigenvalue weighted by Crippen LogP contribution is -2.48. The number of piperidine rings is 1. The third-order valence-electron chi connectivity index (χ3n) is 6.69. The number of carbonyl (C=O) groups is 2. The molecule has 0 radical (unpaired) electrons. The predicted octanol–water partition coefficient (Wildman–Crippen LogP) is 1.70. The van der Waals surface area contributed by atoms with Gasteiger partial charge >= 0.3 is 6.03 Å². The molecule has 4 rings (SSSR count). The zero-order valence-electron chi connectivity index (χ0n) is 16.8. The van der Waals surface area contributed by atoms with E-state index >= 15 is 0 Å². The Morgan fingerprint density at radius 2 is 1.86 bits per heavy atom. The number of likely N-dealkylation sites (tertiary alicyclic amines) is 3. The van der Waals surface area contributed by atoms with Gasteiger partial charge in [0.1, 0.15) is 0 Å². The highest BCUT2D eigenvalue weighted by Crippen LogP contribution is 2.43. The summed E-state index contributed by atoms with van der Waals surface area (Å²) in [4.78, 5) is 35.8. The van der Waals surface area contributed by atoms with E-state index in [2.05, 4.69) is 15.2 Å². The second-order valence-electron chi connectivity index (χ2n) is 8.64. The third-order valence-corrected chi connectivity index (χ3v) is 6.69. The largest absolute Gasteiger partial charge is 0.349 e. The molecule has 3 aliphatic heterocycles. The van der Waals surface area contributed by atoms with Crippen LogP contribution in [0.4, 0.5) is 4.79 Å². The highest BCUT2D eigenvalue weighted by atomic mass is 16.2. The predicted molar refractivity (Wildman–Crippen MR) is 107 cm³/mol. The summed E-state index contributed by atoms with van der Waals surface area (Å²) in [6, 6.07) is 5.85. The average Bonchev–Trinajstić information content (AvgIpc) is 3.36. The summed E-state index contributed by atoms with van der Waals surface area (Å²) < 4.78 is 0. The van der Waals surface area contributed by atoms with E-state index in [1.165, 1.54) is 0 Å². The van der Waals surface area contributed by atoms with Gasteiger partial charge < -0.3 is 15.1 Å². The molecular formula is C21H31N5O2. The summed E-state index contributed by atoms with van der Waals surface area (Å²) in [5.41, 5.74) is 1.03. The maximum Gasteiger partial charge on any atom is 0.319 e. The van der Waals surface area contributed by atoms with Gasteiger partial charge in [0, 0.05) is 38.9 Å². The van der Waals surface area contributed by atoms with E-state index in [1.807, 2.05) is 35.0 Å². The minimum Gasteiger partial charge on any atom is -0.349 e. The van der Waals surface area contributed by atoms with Crippen LogP contribution >= 0.6 is 0 Å². The number of rotatable bonds is 3. The number of carbonyl (C=O) groups excluding carboxylic acids is 2. The van der Waals surface area contributed by atoms with Gasteiger partial charge in [-0.25, -0.2) is 4.79 Å². The first-order valence-electron chi connectivity index (χ1n) is 10.5. The molecule has 0 bridgehead atoms. The quantitative estimate of drug-likeness (QED) is 0.860. The number of aromatic nitrogens is 1. The Bertz CT molecular complexity index is 696. The standard InChI is InChI=1S/C21H31N5O2/c1-24-16-21(7-12-26(13-8-21)20(28)25-10-4-5-11-25)14-18(24)19(27)23-15-17-6-2-3-9-22-17/h2-3,6,9,18H,4-5,7-8,10-16H2,1H3,(H,23,27). The Hall–Kier alpha value is -2.15. The first-order chi connectivity index (χ1) is 13.6. The average molecular weight is 386 g/mol. The molecule has 28 heavy (non-hydrogen) atoms. The van der Waals surface area contributed by atoms with Gasteiger partial charge in [0.15, 0.2) is 0 Å². The minimum absolute atomic E-state index is 0.0839. The second kappa shape index (κ2) is 8.07. The molecule has 0 saturated carbocycles. The molecule has 1 aromatic heterocycles. The topological polar surface area (TPSA) is 68.8 Å². The summed E-state index contributed by atoms with van der Waals surface area (Å²) in [5, 5.41) is 3.04. The summed E-state index contributed by atoms with van der Waals surface area (Å²) >= 11 is 0. The van der Waals surface area contributed by atoms with Crippen molar-refractivity contribution in [3.8, 4) is 0 Å². The monoisotopic (exact) mass is 385 g/mol. The molecular weight excluding hydrogens is 354 g/mol. The van der Waals surface area contributed by atoms with Crippen LogP contribution in [0, 0.1) is 5.41 Å². The molecule has 7 heteroatoms. The lowest BCUT2D eigenvalue weighted by atomic mass is 9.76. The Kier molecular flexibility index (Phi) is 5.53. The van der Waals surface area contributed by atoms with Crippen molar-refractivity contribution in [3.63, 3.8) is 0 Å². The zero-order chi connectivity index (χ0) is 19.6. The molecule has 1 atom stereocenters. The van der Waals surface area contributed by atoms with Crippen molar-refractivity contribution in [2.24, 2.45) is 5.41 Å². The van der Waals surface area contributed by atoms with Crippen LogP contribution in [0.2, 0.25) is 0 Å². The Morgan fingerprint density at radius 1 is 1.14 bits per heavy atom. The molecule has 1 spiro atoms. The van der Waals surface area contributed by atoms with Gasteiger partial charge in [-0.15, -0.1) is 0 Å². The molecule has 1 unspecified atom stereocenters. The van der Waals surface area contributed by atoms with Gasteiger partial charge in [-0.3, -0.25) is 14.7 Å². The SMILES string of the molecule is CN1CC2(CCN(C(=O)N3CCCC3)CC2)CC1C(=O)NCc1ccccn1. The number of nitrogens with zero attached hydrogens (tertiary/aromatic N) is 4. The van der Waals surface area contributed by atoms with Crippen LogP contribution in [0.15, 0.2) is 24.4 Å². The van der Waals surface area contributed by atoms with Crippen LogP contribution in [0.5, 0.6) is 0 Å². The summed E-state index contributed by atoms with van der Waals surface area (Å²) in [6.07, 6.45) is 6.85. The van der Waals surface area contributed by atoms with E-state index in [1.54, 1.807) is 6.20 Å². The van der Waals surface area contributed by atoms with Crippen LogP contribution in [-0.2, 0) is 11.3 Å². The molecule has 4 heterocycles. The molecule has 3 aliphatic rings. The summed E-state index contributed by atoms with van der Waals surface area (Å²) in [7, 11) is 2.04. The number of nitrogens with one attached hydrogen (secondary N) is 1. The fourth-order valence-corrected chi connectivity index (χ4v) is 5.00. The van der Waals surface area contributed by atoms with Crippen LogP contribution in [0.25, 0.3) is 0 Å². The van der Waals surface area contributed by atoms with Crippen molar-refractivity contribution in [2.45, 2.75) is 44.7 Å². The van der Waals surface area contributed by atoms with Crippen LogP contribution in [0.3, 0.4) is 0 Å². The smallest absolute Gasteiger partial charge is 0.319 e. The van der Waals surface area contributed by atoms with Gasteiger partial charge in [0.25, 0.3) is 0 Å². The van der Waals surface area contributed by atoms with E-state index in [0.717, 1.165) is 70.5 Å². The van der Waals surface area contributed by atoms with Crippen molar-refractivity contribution < 1.29 is 9.59 Å². The number of pyridine rings is 1. The number of likely N-dealkylation sites (N-methyl/N-ethyl adjacent to an activating group) is 1. The summed E-state index contributed by atoms with van der Waals surface area (Å²) in [5.74, 6) is 0.0839. The van der Waals surface area contributed by atoms with Gasteiger partial charge in [0.05, 0.1) is 18.3 Å². The number of hydrogen-bond acceptors (Lipinski definition) is 4. The van der Waals surface area contributed by atoms with Gasteiger partial charge in [-0.1, -0.05) is 6.07 Å². The number of urea groups is 1. The lowest BCUT2D eigenvalue weighted by molar-refractivity contribution is -0.125. The highest BCUT2D eigenvalue weighted by Gasteiger charge is 2.47. The van der Waals surface area contributed by atoms with Crippen LogP contribution in [-0.4, -0.2) is 77.4 Å². The minimum atomic E-state index is -0.0930. The molecule has 3 amide bonds. The zero-order valence-corrected chi connectivity index (χ0v) is 16.8. The lowest BCUT2D eigenvalue weighted by Gasteiger charge is -2.40. The first kappa shape index (κ1) is 19.2. The van der Waals surface area contributed by atoms with E-state index < -0.39 is 0 Å². The first-order valence-corrected chi connectivity index (χ1v) is 10.5. The molecule has 0 aromatic carbocycles. The molecule has 0 aliphatic carbocycles. The maximum absolute atomic E-state index is 12.7. The number of amides is 3. The maximum atomic E-state index is 12.7. The second-order valence-corrected chi connectivity index (χ2v) is 8.64. The van der Waals surface area contributed by atoms with E-state index in [4.69, 9.17) is 0 Å². The van der Waals surface area contributed by atoms with Crippen LogP contribution < -0.4 is 5.32 Å². The van der Waals surface area contributed by atoms with Crippen molar-refractivity contribution in [2.75, 3.05) is 39.8 Å². The van der Waals surface area contributed by atoms with Gasteiger partial charge in [0.2, 0.25) is 5.91 Å². The third kappa shape index (κ3) is 3.99. The molecule has 152 valence electrons. The molecule has 1 N–H and O–H groups in total. The Balaban J connectivity index is 1.30. The van der Waals surface area contributed by atoms with Crippen molar-refractivity contribution in [1.82, 2.24) is 25.0 Å². The highest BCUT2D eigenvalue weighted by molar-refractivity contribution is 5.82.